The third-order valence-corrected chi connectivity index (χ3v) is 6.04. The highest BCUT2D eigenvalue weighted by Gasteiger charge is 2.30. The maximum Gasteiger partial charge on any atom is 0.266 e. The van der Waals surface area contributed by atoms with Crippen LogP contribution in [0.4, 0.5) is 5.69 Å². The minimum absolute atomic E-state index is 0.126. The summed E-state index contributed by atoms with van der Waals surface area (Å²) in [4.78, 5) is 19.7. The fourth-order valence-electron chi connectivity index (χ4n) is 4.07. The second kappa shape index (κ2) is 9.85. The highest BCUT2D eigenvalue weighted by atomic mass is 35.5. The van der Waals surface area contributed by atoms with Crippen LogP contribution in [0.3, 0.4) is 0 Å². The number of fused-ring (bicyclic) bond motifs is 2. The summed E-state index contributed by atoms with van der Waals surface area (Å²) in [5.74, 6) is 1.34. The molecule has 34 heavy (non-hydrogen) atoms. The Labute approximate surface area is 203 Å². The van der Waals surface area contributed by atoms with Gasteiger partial charge in [0.1, 0.15) is 12.7 Å². The monoisotopic (exact) mass is 476 g/mol. The number of halogens is 1. The van der Waals surface area contributed by atoms with Crippen molar-refractivity contribution < 1.29 is 14.3 Å². The third-order valence-electron chi connectivity index (χ3n) is 5.80. The Bertz CT molecular complexity index is 1220. The van der Waals surface area contributed by atoms with Gasteiger partial charge in [0.05, 0.1) is 11.4 Å². The summed E-state index contributed by atoms with van der Waals surface area (Å²) in [7, 11) is 1.76. The number of ether oxygens (including phenoxy) is 2. The van der Waals surface area contributed by atoms with E-state index in [9.17, 15) is 4.79 Å². The number of hydrogen-bond donors (Lipinski definition) is 2. The van der Waals surface area contributed by atoms with Gasteiger partial charge in [-0.2, -0.15) is 0 Å². The SMILES string of the molecule is CN1C(=O)C(NCNCC2COc3ccccc3O2)N=C(c2ccccc2)c2cc(Cl)ccc21. The Hall–Kier alpha value is -3.39. The summed E-state index contributed by atoms with van der Waals surface area (Å²) in [5.41, 5.74) is 3.22. The minimum Gasteiger partial charge on any atom is -0.486 e. The molecule has 7 nitrogen and oxygen atoms in total. The number of benzene rings is 3. The Morgan fingerprint density at radius 1 is 1.06 bits per heavy atom. The summed E-state index contributed by atoms with van der Waals surface area (Å²) >= 11 is 6.30. The largest absolute Gasteiger partial charge is 0.486 e. The van der Waals surface area contributed by atoms with Crippen LogP contribution in [0.25, 0.3) is 0 Å². The first kappa shape index (κ1) is 22.4. The van der Waals surface area contributed by atoms with E-state index in [1.54, 1.807) is 18.0 Å². The summed E-state index contributed by atoms with van der Waals surface area (Å²) in [6.07, 6.45) is -0.887. The van der Waals surface area contributed by atoms with E-state index in [1.165, 1.54) is 0 Å². The van der Waals surface area contributed by atoms with Gasteiger partial charge in [-0.1, -0.05) is 54.1 Å². The molecular formula is C26H25ClN4O3. The number of anilines is 1. The van der Waals surface area contributed by atoms with Gasteiger partial charge < -0.3 is 19.7 Å². The molecule has 2 aliphatic heterocycles. The number of para-hydroxylation sites is 2. The molecule has 0 fully saturated rings. The van der Waals surface area contributed by atoms with E-state index in [1.807, 2.05) is 66.7 Å². The lowest BCUT2D eigenvalue weighted by molar-refractivity contribution is -0.120. The lowest BCUT2D eigenvalue weighted by Gasteiger charge is -2.27. The van der Waals surface area contributed by atoms with E-state index in [2.05, 4.69) is 10.6 Å². The molecule has 3 aromatic rings. The van der Waals surface area contributed by atoms with Gasteiger partial charge in [0.25, 0.3) is 5.91 Å². The van der Waals surface area contributed by atoms with Crippen LogP contribution in [-0.2, 0) is 4.79 Å². The fraction of sp³-hybridized carbons (Fsp3) is 0.231. The van der Waals surface area contributed by atoms with Crippen molar-refractivity contribution in [3.05, 3.63) is 88.9 Å². The number of aliphatic imine (C=N–C) groups is 1. The van der Waals surface area contributed by atoms with Crippen molar-refractivity contribution >= 4 is 28.9 Å². The van der Waals surface area contributed by atoms with Crippen LogP contribution >= 0.6 is 11.6 Å². The summed E-state index contributed by atoms with van der Waals surface area (Å²) in [5, 5.41) is 7.12. The van der Waals surface area contributed by atoms with Crippen molar-refractivity contribution in [1.82, 2.24) is 10.6 Å². The van der Waals surface area contributed by atoms with E-state index >= 15 is 0 Å². The van der Waals surface area contributed by atoms with E-state index in [0.29, 0.717) is 30.6 Å². The number of nitrogens with one attached hydrogen (secondary N) is 2. The van der Waals surface area contributed by atoms with E-state index < -0.39 is 6.17 Å². The van der Waals surface area contributed by atoms with Gasteiger partial charge in [-0.3, -0.25) is 15.1 Å². The van der Waals surface area contributed by atoms with Crippen LogP contribution in [0.1, 0.15) is 11.1 Å². The van der Waals surface area contributed by atoms with Crippen molar-refractivity contribution in [3.63, 3.8) is 0 Å². The van der Waals surface area contributed by atoms with Crippen LogP contribution in [-0.4, -0.2) is 50.8 Å². The second-order valence-electron chi connectivity index (χ2n) is 8.14. The number of carbonyl (C=O) groups is 1. The molecule has 0 saturated carbocycles. The molecule has 3 aromatic carbocycles. The Morgan fingerprint density at radius 3 is 2.65 bits per heavy atom. The standard InChI is InChI=1S/C26H25ClN4O3/c1-31-21-12-11-18(27)13-20(21)24(17-7-3-2-4-8-17)30-25(26(31)32)29-16-28-14-19-15-33-22-9-5-6-10-23(22)34-19/h2-13,19,25,28-29H,14-16H2,1H3. The molecule has 0 radical (unpaired) electrons. The quantitative estimate of drug-likeness (QED) is 0.421. The molecule has 0 bridgehead atoms. The predicted octanol–water partition coefficient (Wildman–Crippen LogP) is 3.46. The Morgan fingerprint density at radius 2 is 1.82 bits per heavy atom. The molecule has 2 atom stereocenters. The van der Waals surface area contributed by atoms with Crippen molar-refractivity contribution in [2.24, 2.45) is 4.99 Å². The van der Waals surface area contributed by atoms with Gasteiger partial charge in [0, 0.05) is 36.4 Å². The summed E-state index contributed by atoms with van der Waals surface area (Å²) < 4.78 is 11.7. The molecule has 2 unspecified atom stereocenters. The van der Waals surface area contributed by atoms with Gasteiger partial charge in [0.15, 0.2) is 17.7 Å². The molecule has 1 amide bonds. The first-order valence-electron chi connectivity index (χ1n) is 11.1. The first-order chi connectivity index (χ1) is 16.6. The molecule has 5 rings (SSSR count). The summed E-state index contributed by atoms with van der Waals surface area (Å²) in [6, 6.07) is 22.9. The van der Waals surface area contributed by atoms with Crippen molar-refractivity contribution in [2.45, 2.75) is 12.3 Å². The van der Waals surface area contributed by atoms with Gasteiger partial charge in [0.2, 0.25) is 0 Å². The molecular weight excluding hydrogens is 452 g/mol. The van der Waals surface area contributed by atoms with E-state index in [0.717, 1.165) is 28.3 Å². The van der Waals surface area contributed by atoms with Gasteiger partial charge >= 0.3 is 0 Å². The predicted molar refractivity (Wildman–Crippen MR) is 133 cm³/mol. The van der Waals surface area contributed by atoms with E-state index in [4.69, 9.17) is 26.1 Å². The zero-order valence-electron chi connectivity index (χ0n) is 18.7. The van der Waals surface area contributed by atoms with Gasteiger partial charge in [-0.05, 0) is 30.3 Å². The average molecular weight is 477 g/mol. The molecule has 0 saturated heterocycles. The van der Waals surface area contributed by atoms with Crippen LogP contribution in [0.2, 0.25) is 5.02 Å². The first-order valence-corrected chi connectivity index (χ1v) is 11.5. The summed E-state index contributed by atoms with van der Waals surface area (Å²) in [6.45, 7) is 1.39. The molecule has 174 valence electrons. The third kappa shape index (κ3) is 4.63. The number of likely N-dealkylation sites (N-methyl/N-ethyl adjacent to an activating group) is 1. The number of hydrogen-bond acceptors (Lipinski definition) is 6. The van der Waals surface area contributed by atoms with Crippen molar-refractivity contribution in [3.8, 4) is 11.5 Å². The molecule has 2 heterocycles. The number of benzodiazepines with no additional fused rings is 1. The number of nitrogens with zero attached hydrogens (tertiary/aromatic N) is 2. The zero-order chi connectivity index (χ0) is 23.5. The van der Waals surface area contributed by atoms with Crippen LogP contribution in [0.15, 0.2) is 77.8 Å². The van der Waals surface area contributed by atoms with Gasteiger partial charge in [-0.25, -0.2) is 0 Å². The van der Waals surface area contributed by atoms with Crippen molar-refractivity contribution in [2.75, 3.05) is 31.8 Å². The number of rotatable bonds is 6. The maximum absolute atomic E-state index is 13.3. The average Bonchev–Trinajstić information content (AvgIpc) is 2.97. The van der Waals surface area contributed by atoms with Gasteiger partial charge in [-0.15, -0.1) is 0 Å². The minimum atomic E-state index is -0.761. The Balaban J connectivity index is 1.30. The molecule has 2 N–H and O–H groups in total. The maximum atomic E-state index is 13.3. The lowest BCUT2D eigenvalue weighted by Crippen LogP contribution is -2.48. The topological polar surface area (TPSA) is 75.2 Å². The van der Waals surface area contributed by atoms with Crippen LogP contribution in [0.5, 0.6) is 11.5 Å². The van der Waals surface area contributed by atoms with Crippen LogP contribution < -0.4 is 25.0 Å². The van der Waals surface area contributed by atoms with Crippen molar-refractivity contribution in [1.29, 1.82) is 0 Å². The molecule has 0 spiro atoms. The molecule has 0 aliphatic carbocycles. The normalized spacial score (nSPS) is 19.3. The highest BCUT2D eigenvalue weighted by Crippen LogP contribution is 2.31. The zero-order valence-corrected chi connectivity index (χ0v) is 19.5. The Kier molecular flexibility index (Phi) is 6.49. The van der Waals surface area contributed by atoms with Crippen LogP contribution in [0, 0.1) is 0 Å². The molecule has 8 heteroatoms. The lowest BCUT2D eigenvalue weighted by atomic mass is 10.0. The molecule has 2 aliphatic rings. The molecule has 0 aromatic heterocycles. The smallest absolute Gasteiger partial charge is 0.266 e. The second-order valence-corrected chi connectivity index (χ2v) is 8.57. The number of amides is 1. The highest BCUT2D eigenvalue weighted by molar-refractivity contribution is 6.32. The number of carbonyl (C=O) groups excluding carboxylic acids is 1. The fourth-order valence-corrected chi connectivity index (χ4v) is 4.24. The van der Waals surface area contributed by atoms with E-state index in [-0.39, 0.29) is 12.0 Å².